The second kappa shape index (κ2) is 7.62. The van der Waals surface area contributed by atoms with Gasteiger partial charge in [-0.2, -0.15) is 0 Å². The van der Waals surface area contributed by atoms with Crippen molar-refractivity contribution in [2.24, 2.45) is 5.92 Å². The number of aliphatic carboxylic acids is 1. The van der Waals surface area contributed by atoms with E-state index in [4.69, 9.17) is 0 Å². The van der Waals surface area contributed by atoms with Gasteiger partial charge in [0.2, 0.25) is 5.91 Å². The summed E-state index contributed by atoms with van der Waals surface area (Å²) in [6.07, 6.45) is 2.43. The van der Waals surface area contributed by atoms with E-state index in [2.05, 4.69) is 0 Å². The van der Waals surface area contributed by atoms with Gasteiger partial charge in [-0.25, -0.2) is 4.79 Å². The standard InChI is InChI=1S/C22H24N2O4/c25-20(24-12-4-9-19(24)22(27)28)16-10-13-23(14-11-16)21(26)18-8-3-6-15-5-1-2-7-17(15)18/h1-3,5-8,16,19H,4,9-14H2,(H,27,28)/t19-/m1/s1. The maximum atomic E-state index is 13.0. The van der Waals surface area contributed by atoms with Crippen LogP contribution in [0.15, 0.2) is 42.5 Å². The second-order valence-corrected chi connectivity index (χ2v) is 7.62. The number of amides is 2. The van der Waals surface area contributed by atoms with E-state index in [0.717, 1.165) is 17.2 Å². The van der Waals surface area contributed by atoms with Crippen LogP contribution in [0.1, 0.15) is 36.0 Å². The Kier molecular flexibility index (Phi) is 5.03. The highest BCUT2D eigenvalue weighted by Crippen LogP contribution is 2.27. The van der Waals surface area contributed by atoms with Crippen LogP contribution in [0.25, 0.3) is 10.8 Å². The van der Waals surface area contributed by atoms with Gasteiger partial charge in [0, 0.05) is 31.1 Å². The zero-order valence-corrected chi connectivity index (χ0v) is 15.7. The van der Waals surface area contributed by atoms with Gasteiger partial charge in [0.15, 0.2) is 0 Å². The lowest BCUT2D eigenvalue weighted by atomic mass is 9.94. The van der Waals surface area contributed by atoms with E-state index in [-0.39, 0.29) is 17.7 Å². The molecule has 0 aliphatic carbocycles. The van der Waals surface area contributed by atoms with E-state index in [1.165, 1.54) is 4.90 Å². The van der Waals surface area contributed by atoms with Crippen molar-refractivity contribution < 1.29 is 19.5 Å². The number of carboxylic acids is 1. The Labute approximate surface area is 163 Å². The number of carboxylic acid groups (broad SMARTS) is 1. The van der Waals surface area contributed by atoms with Crippen LogP contribution in [0.2, 0.25) is 0 Å². The molecule has 1 atom stereocenters. The fourth-order valence-electron chi connectivity index (χ4n) is 4.43. The second-order valence-electron chi connectivity index (χ2n) is 7.62. The summed E-state index contributed by atoms with van der Waals surface area (Å²) in [5.74, 6) is -1.19. The number of carbonyl (C=O) groups is 3. The highest BCUT2D eigenvalue weighted by Gasteiger charge is 2.38. The number of rotatable bonds is 3. The molecule has 2 aliphatic heterocycles. The van der Waals surface area contributed by atoms with Crippen LogP contribution in [-0.4, -0.2) is 58.4 Å². The summed E-state index contributed by atoms with van der Waals surface area (Å²) in [6.45, 7) is 1.55. The van der Waals surface area contributed by atoms with Crippen LogP contribution >= 0.6 is 0 Å². The lowest BCUT2D eigenvalue weighted by Crippen LogP contribution is -2.47. The Morgan fingerprint density at radius 2 is 1.61 bits per heavy atom. The first-order chi connectivity index (χ1) is 13.6. The molecule has 28 heavy (non-hydrogen) atoms. The molecule has 0 bridgehead atoms. The van der Waals surface area contributed by atoms with Gasteiger partial charge in [-0.1, -0.05) is 36.4 Å². The highest BCUT2D eigenvalue weighted by molar-refractivity contribution is 6.07. The van der Waals surface area contributed by atoms with Gasteiger partial charge < -0.3 is 14.9 Å². The minimum atomic E-state index is -0.922. The van der Waals surface area contributed by atoms with Crippen LogP contribution in [0, 0.1) is 5.92 Å². The van der Waals surface area contributed by atoms with Crippen molar-refractivity contribution in [3.05, 3.63) is 48.0 Å². The first kappa shape index (κ1) is 18.5. The van der Waals surface area contributed by atoms with Crippen molar-refractivity contribution in [2.75, 3.05) is 19.6 Å². The van der Waals surface area contributed by atoms with Crippen LogP contribution in [-0.2, 0) is 9.59 Å². The number of likely N-dealkylation sites (tertiary alicyclic amines) is 2. The zero-order valence-electron chi connectivity index (χ0n) is 15.7. The molecule has 2 aromatic carbocycles. The van der Waals surface area contributed by atoms with Gasteiger partial charge >= 0.3 is 5.97 Å². The summed E-state index contributed by atoms with van der Waals surface area (Å²) in [5.41, 5.74) is 0.688. The first-order valence-electron chi connectivity index (χ1n) is 9.86. The normalized spacial score (nSPS) is 20.5. The molecule has 0 spiro atoms. The van der Waals surface area contributed by atoms with Crippen LogP contribution in [0.4, 0.5) is 0 Å². The summed E-state index contributed by atoms with van der Waals surface area (Å²) < 4.78 is 0. The zero-order chi connectivity index (χ0) is 19.7. The number of hydrogen-bond acceptors (Lipinski definition) is 3. The minimum Gasteiger partial charge on any atom is -0.480 e. The Morgan fingerprint density at radius 3 is 2.36 bits per heavy atom. The van der Waals surface area contributed by atoms with Crippen LogP contribution in [0.3, 0.4) is 0 Å². The Morgan fingerprint density at radius 1 is 0.893 bits per heavy atom. The van der Waals surface area contributed by atoms with E-state index in [0.29, 0.717) is 44.5 Å². The molecular weight excluding hydrogens is 356 g/mol. The maximum absolute atomic E-state index is 13.0. The molecule has 0 saturated carbocycles. The van der Waals surface area contributed by atoms with Gasteiger partial charge in [-0.05, 0) is 42.5 Å². The summed E-state index contributed by atoms with van der Waals surface area (Å²) in [6, 6.07) is 12.9. The largest absolute Gasteiger partial charge is 0.480 e. The van der Waals surface area contributed by atoms with E-state index < -0.39 is 12.0 Å². The molecule has 1 N–H and O–H groups in total. The number of fused-ring (bicyclic) bond motifs is 1. The smallest absolute Gasteiger partial charge is 0.326 e. The van der Waals surface area contributed by atoms with Crippen molar-refractivity contribution >= 4 is 28.6 Å². The molecule has 2 aromatic rings. The number of piperidine rings is 1. The molecule has 0 radical (unpaired) electrons. The monoisotopic (exact) mass is 380 g/mol. The van der Waals surface area contributed by atoms with E-state index in [1.807, 2.05) is 47.4 Å². The van der Waals surface area contributed by atoms with Crippen molar-refractivity contribution in [2.45, 2.75) is 31.7 Å². The van der Waals surface area contributed by atoms with Crippen molar-refractivity contribution in [3.63, 3.8) is 0 Å². The van der Waals surface area contributed by atoms with Crippen molar-refractivity contribution in [1.82, 2.24) is 9.80 Å². The molecule has 2 amide bonds. The average Bonchev–Trinajstić information content (AvgIpc) is 3.23. The molecule has 0 unspecified atom stereocenters. The molecule has 146 valence electrons. The number of carbonyl (C=O) groups excluding carboxylic acids is 2. The Hall–Kier alpha value is -2.89. The van der Waals surface area contributed by atoms with E-state index in [9.17, 15) is 19.5 Å². The summed E-state index contributed by atoms with van der Waals surface area (Å²) in [7, 11) is 0. The third kappa shape index (κ3) is 3.35. The average molecular weight is 380 g/mol. The molecular formula is C22H24N2O4. The van der Waals surface area contributed by atoms with Gasteiger partial charge in [-0.15, -0.1) is 0 Å². The van der Waals surface area contributed by atoms with Gasteiger partial charge in [0.25, 0.3) is 5.91 Å². The van der Waals surface area contributed by atoms with Crippen LogP contribution < -0.4 is 0 Å². The molecule has 2 fully saturated rings. The maximum Gasteiger partial charge on any atom is 0.326 e. The van der Waals surface area contributed by atoms with Gasteiger partial charge in [-0.3, -0.25) is 9.59 Å². The summed E-state index contributed by atoms with van der Waals surface area (Å²) >= 11 is 0. The molecule has 0 aromatic heterocycles. The number of benzene rings is 2. The van der Waals surface area contributed by atoms with Crippen LogP contribution in [0.5, 0.6) is 0 Å². The van der Waals surface area contributed by atoms with E-state index >= 15 is 0 Å². The van der Waals surface area contributed by atoms with Crippen molar-refractivity contribution in [1.29, 1.82) is 0 Å². The summed E-state index contributed by atoms with van der Waals surface area (Å²) in [5, 5.41) is 11.3. The molecule has 2 heterocycles. The van der Waals surface area contributed by atoms with E-state index in [1.54, 1.807) is 0 Å². The predicted octanol–water partition coefficient (Wildman–Crippen LogP) is 2.77. The third-order valence-corrected chi connectivity index (χ3v) is 5.97. The minimum absolute atomic E-state index is 0.00714. The van der Waals surface area contributed by atoms with Crippen molar-refractivity contribution in [3.8, 4) is 0 Å². The molecule has 2 saturated heterocycles. The lowest BCUT2D eigenvalue weighted by Gasteiger charge is -2.34. The summed E-state index contributed by atoms with van der Waals surface area (Å²) in [4.78, 5) is 40.5. The molecule has 2 aliphatic rings. The Bertz CT molecular complexity index is 912. The Balaban J connectivity index is 1.43. The SMILES string of the molecule is O=C(O)[C@H]1CCCN1C(=O)C1CCN(C(=O)c2cccc3ccccc23)CC1. The fourth-order valence-corrected chi connectivity index (χ4v) is 4.43. The number of nitrogens with zero attached hydrogens (tertiary/aromatic N) is 2. The fraction of sp³-hybridized carbons (Fsp3) is 0.409. The number of hydrogen-bond donors (Lipinski definition) is 1. The lowest BCUT2D eigenvalue weighted by molar-refractivity contribution is -0.150. The molecule has 6 heteroatoms. The van der Waals surface area contributed by atoms with Gasteiger partial charge in [0.1, 0.15) is 6.04 Å². The highest BCUT2D eigenvalue weighted by atomic mass is 16.4. The topological polar surface area (TPSA) is 77.9 Å². The predicted molar refractivity (Wildman–Crippen MR) is 105 cm³/mol. The first-order valence-corrected chi connectivity index (χ1v) is 9.86. The quantitative estimate of drug-likeness (QED) is 0.888. The third-order valence-electron chi connectivity index (χ3n) is 5.97. The molecule has 6 nitrogen and oxygen atoms in total. The van der Waals surface area contributed by atoms with Gasteiger partial charge in [0.05, 0.1) is 0 Å². The molecule has 4 rings (SSSR count).